The summed E-state index contributed by atoms with van der Waals surface area (Å²) >= 11 is 0. The molecule has 0 fully saturated rings. The molecule has 3 N–H and O–H groups in total. The second kappa shape index (κ2) is 5.67. The van der Waals surface area contributed by atoms with Crippen LogP contribution in [0, 0.1) is 0 Å². The lowest BCUT2D eigenvalue weighted by Crippen LogP contribution is -1.90. The Morgan fingerprint density at radius 2 is 1.36 bits per heavy atom. The average molecular weight is 202 g/mol. The molecule has 0 saturated heterocycles. The highest BCUT2D eigenvalue weighted by molar-refractivity contribution is 7.69. The second-order valence-electron chi connectivity index (χ2n) is 2.17. The van der Waals surface area contributed by atoms with Gasteiger partial charge >= 0.3 is 13.3 Å². The zero-order valence-corrected chi connectivity index (χ0v) is 8.34. The highest BCUT2D eigenvalue weighted by Gasteiger charge is 2.23. The van der Waals surface area contributed by atoms with Gasteiger partial charge in [0, 0.05) is 0 Å². The van der Waals surface area contributed by atoms with Gasteiger partial charge in [-0.3, -0.25) is 0 Å². The molecule has 0 bridgehead atoms. The van der Waals surface area contributed by atoms with Gasteiger partial charge in [0.25, 0.3) is 0 Å². The van der Waals surface area contributed by atoms with Crippen molar-refractivity contribution in [3.63, 3.8) is 0 Å². The molecule has 0 aliphatic heterocycles. The van der Waals surface area contributed by atoms with Crippen molar-refractivity contribution in [2.24, 2.45) is 0 Å². The third-order valence-electron chi connectivity index (χ3n) is 0.249. The Hall–Kier alpha value is 0.0500. The summed E-state index contributed by atoms with van der Waals surface area (Å²) in [6.07, 6.45) is 0. The van der Waals surface area contributed by atoms with Crippen LogP contribution >= 0.6 is 15.5 Å². The Bertz CT molecular complexity index is 157. The van der Waals surface area contributed by atoms with E-state index >= 15 is 0 Å². The van der Waals surface area contributed by atoms with Crippen LogP contribution in [-0.2, 0) is 4.57 Å². The van der Waals surface area contributed by atoms with E-state index in [1.807, 2.05) is 0 Å². The van der Waals surface area contributed by atoms with Crippen LogP contribution in [0.4, 0.5) is 4.79 Å². The number of rotatable bonds is 1. The van der Waals surface area contributed by atoms with Gasteiger partial charge in [0.2, 0.25) is 0 Å². The van der Waals surface area contributed by atoms with Crippen LogP contribution in [0.25, 0.3) is 0 Å². The van der Waals surface area contributed by atoms with E-state index in [1.165, 1.54) is 0 Å². The van der Waals surface area contributed by atoms with Gasteiger partial charge in [-0.25, -0.2) is 9.36 Å². The van der Waals surface area contributed by atoms with Crippen molar-refractivity contribution in [1.29, 1.82) is 0 Å². The Morgan fingerprint density at radius 1 is 1.27 bits per heavy atom. The summed E-state index contributed by atoms with van der Waals surface area (Å²) in [5.41, 5.74) is -2.09. The molecule has 68 valence electrons. The van der Waals surface area contributed by atoms with E-state index < -0.39 is 13.3 Å². The molecule has 0 heterocycles. The Morgan fingerprint density at radius 3 is 1.36 bits per heavy atom. The first-order valence-corrected chi connectivity index (χ1v) is 6.87. The molecule has 0 unspecified atom stereocenters. The van der Waals surface area contributed by atoms with Crippen molar-refractivity contribution >= 4 is 21.2 Å². The maximum atomic E-state index is 9.43. The number of hydrogen-bond donors (Lipinski definition) is 3. The number of carbonyl (C=O) groups is 1. The van der Waals surface area contributed by atoms with Crippen molar-refractivity contribution in [1.82, 2.24) is 0 Å². The molecule has 11 heavy (non-hydrogen) atoms. The molecule has 0 atom stereocenters. The summed E-state index contributed by atoms with van der Waals surface area (Å²) in [4.78, 5) is 24.5. The molecule has 0 aromatic carbocycles. The smallest absolute Gasteiger partial charge is 0.433 e. The maximum Gasteiger partial charge on any atom is 0.433 e. The van der Waals surface area contributed by atoms with Gasteiger partial charge in [0.05, 0.1) is 0 Å². The minimum absolute atomic E-state index is 0.380. The molecular weight excluding hydrogens is 190 g/mol. The lowest BCUT2D eigenvalue weighted by Gasteiger charge is -1.90. The van der Waals surface area contributed by atoms with Gasteiger partial charge in [-0.05, 0) is 20.0 Å². The topological polar surface area (TPSA) is 94.8 Å². The summed E-state index contributed by atoms with van der Waals surface area (Å²) in [5, 5.41) is 7.49. The van der Waals surface area contributed by atoms with E-state index in [0.29, 0.717) is 7.92 Å². The first kappa shape index (κ1) is 13.6. The summed E-state index contributed by atoms with van der Waals surface area (Å²) < 4.78 is 9.43. The fourth-order valence-corrected chi connectivity index (χ4v) is 0. The predicted octanol–water partition coefficient (Wildman–Crippen LogP) is 1.20. The van der Waals surface area contributed by atoms with E-state index in [0.717, 1.165) is 0 Å². The van der Waals surface area contributed by atoms with Gasteiger partial charge in [-0.15, -0.1) is 7.92 Å². The maximum absolute atomic E-state index is 9.43. The zero-order valence-electron chi connectivity index (χ0n) is 6.55. The van der Waals surface area contributed by atoms with Crippen LogP contribution in [0.5, 0.6) is 0 Å². The third-order valence-corrected chi connectivity index (χ3v) is 0.748. The second-order valence-corrected chi connectivity index (χ2v) is 6.32. The van der Waals surface area contributed by atoms with E-state index in [-0.39, 0.29) is 0 Å². The average Bonchev–Trinajstić information content (AvgIpc) is 1.59. The van der Waals surface area contributed by atoms with E-state index in [2.05, 4.69) is 20.0 Å². The molecule has 5 nitrogen and oxygen atoms in total. The molecule has 0 spiro atoms. The fraction of sp³-hybridized carbons (Fsp3) is 0.750. The van der Waals surface area contributed by atoms with Crippen LogP contribution in [0.1, 0.15) is 0 Å². The predicted molar refractivity (Wildman–Crippen MR) is 44.8 cm³/mol. The molecule has 0 aliphatic rings. The molecule has 0 aromatic rings. The van der Waals surface area contributed by atoms with Crippen molar-refractivity contribution in [2.75, 3.05) is 20.0 Å². The number of hydrogen-bond acceptors (Lipinski definition) is 2. The van der Waals surface area contributed by atoms with E-state index in [1.54, 1.807) is 0 Å². The van der Waals surface area contributed by atoms with Crippen molar-refractivity contribution < 1.29 is 24.3 Å². The highest BCUT2D eigenvalue weighted by atomic mass is 31.2. The van der Waals surface area contributed by atoms with Crippen molar-refractivity contribution in [3.05, 3.63) is 0 Å². The molecule has 0 amide bonds. The molecule has 7 heteroatoms. The van der Waals surface area contributed by atoms with Crippen LogP contribution in [-0.4, -0.2) is 40.6 Å². The first-order valence-electron chi connectivity index (χ1n) is 2.58. The van der Waals surface area contributed by atoms with Crippen LogP contribution in [0.3, 0.4) is 0 Å². The Labute approximate surface area is 66.3 Å². The van der Waals surface area contributed by atoms with Crippen LogP contribution in [0.2, 0.25) is 0 Å². The van der Waals surface area contributed by atoms with Crippen molar-refractivity contribution in [2.45, 2.75) is 0 Å². The highest BCUT2D eigenvalue weighted by Crippen LogP contribution is 2.34. The van der Waals surface area contributed by atoms with Crippen LogP contribution in [0.15, 0.2) is 0 Å². The van der Waals surface area contributed by atoms with E-state index in [9.17, 15) is 9.36 Å². The third kappa shape index (κ3) is 17.8. The van der Waals surface area contributed by atoms with Gasteiger partial charge in [0.1, 0.15) is 0 Å². The zero-order chi connectivity index (χ0) is 9.65. The summed E-state index contributed by atoms with van der Waals surface area (Å²) in [6, 6.07) is 0. The molecule has 0 radical (unpaired) electrons. The van der Waals surface area contributed by atoms with Gasteiger partial charge in [0.15, 0.2) is 0 Å². The number of carboxylic acid groups (broad SMARTS) is 1. The minimum Gasteiger partial charge on any atom is -0.472 e. The van der Waals surface area contributed by atoms with Crippen molar-refractivity contribution in [3.8, 4) is 0 Å². The van der Waals surface area contributed by atoms with Gasteiger partial charge < -0.3 is 14.9 Å². The first-order chi connectivity index (χ1) is 4.68. The van der Waals surface area contributed by atoms with E-state index in [4.69, 9.17) is 14.9 Å². The Kier molecular flexibility index (Phi) is 7.02. The molecule has 0 saturated carbocycles. The Balaban J connectivity index is 0. The fourth-order valence-electron chi connectivity index (χ4n) is 0. The van der Waals surface area contributed by atoms with Gasteiger partial charge in [-0.1, -0.05) is 0 Å². The lowest BCUT2D eigenvalue weighted by atomic mass is 11.6. The lowest BCUT2D eigenvalue weighted by molar-refractivity contribution is 0.208. The SMILES string of the molecule is CP(C)C.O=C(O)P(=O)(O)O. The molecule has 0 aliphatic carbocycles. The summed E-state index contributed by atoms with van der Waals surface area (Å²) in [7, 11) is -4.44. The normalized spacial score (nSPS) is 10.4. The van der Waals surface area contributed by atoms with Gasteiger partial charge in [-0.2, -0.15) is 0 Å². The molecule has 0 rings (SSSR count). The summed E-state index contributed by atoms with van der Waals surface area (Å²) in [6.45, 7) is 6.69. The van der Waals surface area contributed by atoms with Crippen LogP contribution < -0.4 is 0 Å². The minimum atomic E-state index is -4.82. The largest absolute Gasteiger partial charge is 0.472 e. The molecule has 0 aromatic heterocycles. The molecular formula is C4H12O5P2. The summed E-state index contributed by atoms with van der Waals surface area (Å²) in [5.74, 6) is 0. The quantitative estimate of drug-likeness (QED) is 0.555. The monoisotopic (exact) mass is 202 g/mol. The standard InChI is InChI=1S/C3H9P.CH3O5P/c1-4(2)3;2-1(3)7(4,5)6/h1-3H3;(H,2,3)(H2,4,5,6).